The second kappa shape index (κ2) is 8.84. The van der Waals surface area contributed by atoms with Crippen molar-refractivity contribution in [3.8, 4) is 11.8 Å². The Bertz CT molecular complexity index is 605. The van der Waals surface area contributed by atoms with Gasteiger partial charge in [-0.3, -0.25) is 4.79 Å². The molecule has 0 bridgehead atoms. The monoisotopic (exact) mass is 317 g/mol. The molecule has 1 N–H and O–H groups in total. The second-order valence-corrected chi connectivity index (χ2v) is 5.89. The number of hydrogen-bond donors (Lipinski definition) is 1. The molecule has 0 radical (unpaired) electrons. The van der Waals surface area contributed by atoms with Crippen LogP contribution in [0.2, 0.25) is 0 Å². The minimum Gasteiger partial charge on any atom is -0.469 e. The summed E-state index contributed by atoms with van der Waals surface area (Å²) < 4.78 is 9.76. The minimum atomic E-state index is -0.530. The summed E-state index contributed by atoms with van der Waals surface area (Å²) >= 11 is 0. The van der Waals surface area contributed by atoms with E-state index < -0.39 is 11.7 Å². The number of hydrogen-bond acceptors (Lipinski definition) is 4. The van der Waals surface area contributed by atoms with Crippen LogP contribution in [-0.2, 0) is 20.7 Å². The molecular formula is C18H23NO4. The zero-order valence-electron chi connectivity index (χ0n) is 14.1. The van der Waals surface area contributed by atoms with E-state index in [0.717, 1.165) is 11.1 Å². The Morgan fingerprint density at radius 2 is 1.91 bits per heavy atom. The summed E-state index contributed by atoms with van der Waals surface area (Å²) in [6.45, 7) is 5.60. The van der Waals surface area contributed by atoms with Crippen molar-refractivity contribution < 1.29 is 19.1 Å². The van der Waals surface area contributed by atoms with Gasteiger partial charge in [-0.25, -0.2) is 4.79 Å². The molecule has 0 aromatic heterocycles. The van der Waals surface area contributed by atoms with Gasteiger partial charge in [0, 0.05) is 12.0 Å². The van der Waals surface area contributed by atoms with Crippen molar-refractivity contribution >= 4 is 12.1 Å². The number of benzene rings is 1. The smallest absolute Gasteiger partial charge is 0.408 e. The van der Waals surface area contributed by atoms with Crippen LogP contribution in [0.1, 0.15) is 38.3 Å². The van der Waals surface area contributed by atoms with Gasteiger partial charge in [0.1, 0.15) is 5.60 Å². The normalized spacial score (nSPS) is 10.3. The summed E-state index contributed by atoms with van der Waals surface area (Å²) in [5.41, 5.74) is 1.28. The molecule has 0 unspecified atom stereocenters. The first-order valence-corrected chi connectivity index (χ1v) is 7.42. The summed E-state index contributed by atoms with van der Waals surface area (Å²) in [4.78, 5) is 22.7. The van der Waals surface area contributed by atoms with Crippen LogP contribution in [0.25, 0.3) is 0 Å². The standard InChI is InChI=1S/C18H23NO4/c1-18(2,3)23-17(21)19-13-7-10-14-8-5-6-9-15(14)11-12-16(20)22-4/h5-6,8-9H,11-13H2,1-4H3,(H,19,21). The van der Waals surface area contributed by atoms with E-state index in [4.69, 9.17) is 4.74 Å². The lowest BCUT2D eigenvalue weighted by Gasteiger charge is -2.19. The van der Waals surface area contributed by atoms with Gasteiger partial charge in [-0.2, -0.15) is 0 Å². The molecule has 0 heterocycles. The highest BCUT2D eigenvalue weighted by Crippen LogP contribution is 2.10. The molecule has 124 valence electrons. The number of aryl methyl sites for hydroxylation is 1. The Labute approximate surface area is 137 Å². The van der Waals surface area contributed by atoms with E-state index in [0.29, 0.717) is 12.8 Å². The number of alkyl carbamates (subject to hydrolysis) is 1. The highest BCUT2D eigenvalue weighted by atomic mass is 16.6. The average Bonchev–Trinajstić information content (AvgIpc) is 2.48. The lowest BCUT2D eigenvalue weighted by Crippen LogP contribution is -2.32. The minimum absolute atomic E-state index is 0.195. The number of amides is 1. The van der Waals surface area contributed by atoms with E-state index in [-0.39, 0.29) is 12.5 Å². The van der Waals surface area contributed by atoms with Crippen LogP contribution >= 0.6 is 0 Å². The van der Waals surface area contributed by atoms with Gasteiger partial charge in [0.05, 0.1) is 13.7 Å². The molecule has 5 heteroatoms. The molecule has 1 rings (SSSR count). The number of rotatable bonds is 4. The molecule has 0 atom stereocenters. The van der Waals surface area contributed by atoms with E-state index >= 15 is 0 Å². The fourth-order valence-electron chi connectivity index (χ4n) is 1.77. The predicted octanol–water partition coefficient (Wildman–Crippen LogP) is 2.67. The lowest BCUT2D eigenvalue weighted by molar-refractivity contribution is -0.140. The number of carbonyl (C=O) groups is 2. The van der Waals surface area contributed by atoms with Gasteiger partial charge < -0.3 is 14.8 Å². The van der Waals surface area contributed by atoms with Crippen LogP contribution < -0.4 is 5.32 Å². The Balaban J connectivity index is 2.58. The fraction of sp³-hybridized carbons (Fsp3) is 0.444. The quantitative estimate of drug-likeness (QED) is 0.685. The molecule has 0 saturated heterocycles. The van der Waals surface area contributed by atoms with Crippen LogP contribution in [0, 0.1) is 11.8 Å². The van der Waals surface area contributed by atoms with Crippen molar-refractivity contribution in [1.82, 2.24) is 5.32 Å². The third kappa shape index (κ3) is 7.91. The second-order valence-electron chi connectivity index (χ2n) is 5.89. The van der Waals surface area contributed by atoms with Gasteiger partial charge in [0.25, 0.3) is 0 Å². The van der Waals surface area contributed by atoms with E-state index in [1.165, 1.54) is 7.11 Å². The van der Waals surface area contributed by atoms with Crippen molar-refractivity contribution in [2.24, 2.45) is 0 Å². The van der Waals surface area contributed by atoms with Crippen LogP contribution in [0.5, 0.6) is 0 Å². The van der Waals surface area contributed by atoms with Gasteiger partial charge in [-0.05, 0) is 38.8 Å². The highest BCUT2D eigenvalue weighted by molar-refractivity contribution is 5.69. The van der Waals surface area contributed by atoms with Gasteiger partial charge in [-0.1, -0.05) is 30.0 Å². The molecule has 0 fully saturated rings. The van der Waals surface area contributed by atoms with Gasteiger partial charge in [0.15, 0.2) is 0 Å². The fourth-order valence-corrected chi connectivity index (χ4v) is 1.77. The summed E-state index contributed by atoms with van der Waals surface area (Å²) in [5.74, 6) is 5.63. The van der Waals surface area contributed by atoms with Gasteiger partial charge >= 0.3 is 12.1 Å². The topological polar surface area (TPSA) is 64.6 Å². The lowest BCUT2D eigenvalue weighted by atomic mass is 10.0. The summed E-state index contributed by atoms with van der Waals surface area (Å²) in [5, 5.41) is 2.58. The molecule has 0 aliphatic heterocycles. The van der Waals surface area contributed by atoms with Crippen molar-refractivity contribution in [1.29, 1.82) is 0 Å². The Hall–Kier alpha value is -2.48. The Kier molecular flexibility index (Phi) is 7.14. The maximum atomic E-state index is 11.5. The molecule has 5 nitrogen and oxygen atoms in total. The van der Waals surface area contributed by atoms with E-state index in [1.807, 2.05) is 24.3 Å². The van der Waals surface area contributed by atoms with Crippen molar-refractivity contribution in [3.05, 3.63) is 35.4 Å². The first kappa shape index (κ1) is 18.6. The molecule has 1 aromatic carbocycles. The van der Waals surface area contributed by atoms with Crippen LogP contribution in [0.15, 0.2) is 24.3 Å². The number of methoxy groups -OCH3 is 1. The maximum Gasteiger partial charge on any atom is 0.408 e. The molecule has 23 heavy (non-hydrogen) atoms. The summed E-state index contributed by atoms with van der Waals surface area (Å²) in [6, 6.07) is 7.59. The zero-order valence-corrected chi connectivity index (χ0v) is 14.1. The first-order valence-electron chi connectivity index (χ1n) is 7.42. The van der Waals surface area contributed by atoms with Crippen molar-refractivity contribution in [2.75, 3.05) is 13.7 Å². The number of carbonyl (C=O) groups excluding carboxylic acids is 2. The molecule has 0 aliphatic rings. The molecular weight excluding hydrogens is 294 g/mol. The number of esters is 1. The van der Waals surface area contributed by atoms with E-state index in [1.54, 1.807) is 20.8 Å². The number of ether oxygens (including phenoxy) is 2. The molecule has 0 saturated carbocycles. The summed E-state index contributed by atoms with van der Waals surface area (Å²) in [6.07, 6.45) is 0.383. The van der Waals surface area contributed by atoms with Crippen molar-refractivity contribution in [2.45, 2.75) is 39.2 Å². The molecule has 0 spiro atoms. The van der Waals surface area contributed by atoms with Gasteiger partial charge in [0.2, 0.25) is 0 Å². The van der Waals surface area contributed by atoms with Crippen molar-refractivity contribution in [3.63, 3.8) is 0 Å². The number of nitrogens with one attached hydrogen (secondary N) is 1. The summed E-state index contributed by atoms with van der Waals surface area (Å²) in [7, 11) is 1.37. The maximum absolute atomic E-state index is 11.5. The third-order valence-corrected chi connectivity index (χ3v) is 2.79. The highest BCUT2D eigenvalue weighted by Gasteiger charge is 2.15. The molecule has 1 aromatic rings. The van der Waals surface area contributed by atoms with E-state index in [2.05, 4.69) is 21.9 Å². The average molecular weight is 317 g/mol. The van der Waals surface area contributed by atoms with Crippen LogP contribution in [0.4, 0.5) is 4.79 Å². The van der Waals surface area contributed by atoms with E-state index in [9.17, 15) is 9.59 Å². The Morgan fingerprint density at radius 1 is 1.22 bits per heavy atom. The largest absolute Gasteiger partial charge is 0.469 e. The Morgan fingerprint density at radius 3 is 2.57 bits per heavy atom. The predicted molar refractivity (Wildman–Crippen MR) is 87.9 cm³/mol. The van der Waals surface area contributed by atoms with Gasteiger partial charge in [-0.15, -0.1) is 0 Å². The SMILES string of the molecule is COC(=O)CCc1ccccc1C#CCNC(=O)OC(C)(C)C. The molecule has 1 amide bonds. The zero-order chi connectivity index (χ0) is 17.3. The molecule has 0 aliphatic carbocycles. The third-order valence-electron chi connectivity index (χ3n) is 2.79. The first-order chi connectivity index (χ1) is 10.8. The van der Waals surface area contributed by atoms with Crippen LogP contribution in [0.3, 0.4) is 0 Å². The van der Waals surface area contributed by atoms with Crippen LogP contribution in [-0.4, -0.2) is 31.3 Å².